The molecule has 0 bridgehead atoms. The maximum Gasteiger partial charge on any atom is 0.261 e. The van der Waals surface area contributed by atoms with Crippen molar-refractivity contribution in [3.8, 4) is 0 Å². The number of halogens is 2. The fourth-order valence-electron chi connectivity index (χ4n) is 3.85. The Morgan fingerprint density at radius 1 is 0.455 bits per heavy atom. The van der Waals surface area contributed by atoms with Crippen LogP contribution in [0.15, 0.2) is 141 Å². The molecular formula is C32H24F2N4O4S2. The van der Waals surface area contributed by atoms with E-state index in [2.05, 4.69) is 19.4 Å². The molecule has 8 nitrogen and oxygen atoms in total. The van der Waals surface area contributed by atoms with Crippen molar-refractivity contribution in [1.82, 2.24) is 0 Å². The van der Waals surface area contributed by atoms with Crippen LogP contribution in [-0.4, -0.2) is 29.3 Å². The Morgan fingerprint density at radius 2 is 0.773 bits per heavy atom. The number of sulfonamides is 2. The van der Waals surface area contributed by atoms with Crippen molar-refractivity contribution in [3.05, 3.63) is 144 Å². The van der Waals surface area contributed by atoms with Gasteiger partial charge in [-0.1, -0.05) is 24.3 Å². The molecule has 44 heavy (non-hydrogen) atoms. The molecule has 0 spiro atoms. The van der Waals surface area contributed by atoms with Crippen LogP contribution in [0.3, 0.4) is 0 Å². The first kappa shape index (κ1) is 30.3. The highest BCUT2D eigenvalue weighted by Gasteiger charge is 2.15. The van der Waals surface area contributed by atoms with Crippen LogP contribution in [0, 0.1) is 11.6 Å². The molecule has 0 radical (unpaired) electrons. The van der Waals surface area contributed by atoms with Gasteiger partial charge in [0.15, 0.2) is 0 Å². The normalized spacial score (nSPS) is 12.0. The van der Waals surface area contributed by atoms with Gasteiger partial charge in [0.05, 0.1) is 21.2 Å². The molecule has 0 aliphatic rings. The number of nitrogens with one attached hydrogen (secondary N) is 2. The van der Waals surface area contributed by atoms with Gasteiger partial charge in [0, 0.05) is 23.8 Å². The van der Waals surface area contributed by atoms with Gasteiger partial charge in [0.2, 0.25) is 0 Å². The molecule has 0 atom stereocenters. The van der Waals surface area contributed by atoms with Gasteiger partial charge in [-0.15, -0.1) is 0 Å². The topological polar surface area (TPSA) is 117 Å². The molecule has 0 unspecified atom stereocenters. The largest absolute Gasteiger partial charge is 0.280 e. The first-order valence-corrected chi connectivity index (χ1v) is 16.0. The van der Waals surface area contributed by atoms with Crippen molar-refractivity contribution in [1.29, 1.82) is 0 Å². The van der Waals surface area contributed by atoms with Crippen molar-refractivity contribution >= 4 is 55.2 Å². The number of hydrogen-bond donors (Lipinski definition) is 2. The van der Waals surface area contributed by atoms with Crippen molar-refractivity contribution < 1.29 is 25.6 Å². The molecular weight excluding hydrogens is 607 g/mol. The first-order chi connectivity index (χ1) is 21.1. The molecule has 0 aliphatic carbocycles. The van der Waals surface area contributed by atoms with Crippen LogP contribution in [0.1, 0.15) is 11.1 Å². The van der Waals surface area contributed by atoms with Crippen LogP contribution in [-0.2, 0) is 20.0 Å². The maximum atomic E-state index is 13.1. The van der Waals surface area contributed by atoms with Gasteiger partial charge in [-0.05, 0) is 108 Å². The Kier molecular flexibility index (Phi) is 8.93. The first-order valence-electron chi connectivity index (χ1n) is 13.0. The fraction of sp³-hybridized carbons (Fsp3) is 0. The molecule has 0 amide bonds. The van der Waals surface area contributed by atoms with E-state index in [9.17, 15) is 25.6 Å². The molecule has 0 saturated heterocycles. The maximum absolute atomic E-state index is 13.1. The van der Waals surface area contributed by atoms with E-state index in [0.29, 0.717) is 11.4 Å². The summed E-state index contributed by atoms with van der Waals surface area (Å²) in [5.41, 5.74) is 3.22. The molecule has 0 heterocycles. The third kappa shape index (κ3) is 8.00. The van der Waals surface area contributed by atoms with E-state index in [4.69, 9.17) is 0 Å². The summed E-state index contributed by atoms with van der Waals surface area (Å²) < 4.78 is 81.3. The van der Waals surface area contributed by atoms with Crippen molar-refractivity contribution in [3.63, 3.8) is 0 Å². The molecule has 12 heteroatoms. The molecule has 5 rings (SSSR count). The second-order valence-electron chi connectivity index (χ2n) is 9.40. The minimum Gasteiger partial charge on any atom is -0.280 e. The minimum atomic E-state index is -3.84. The van der Waals surface area contributed by atoms with Gasteiger partial charge < -0.3 is 0 Å². The molecule has 5 aromatic rings. The molecule has 0 aliphatic heterocycles. The number of hydrogen-bond acceptors (Lipinski definition) is 6. The molecule has 0 aromatic heterocycles. The summed E-state index contributed by atoms with van der Waals surface area (Å²) in [5.74, 6) is -0.925. The predicted octanol–water partition coefficient (Wildman–Crippen LogP) is 7.07. The van der Waals surface area contributed by atoms with Gasteiger partial charge in [-0.2, -0.15) is 0 Å². The molecule has 0 fully saturated rings. The highest BCUT2D eigenvalue weighted by Crippen LogP contribution is 2.22. The van der Waals surface area contributed by atoms with E-state index < -0.39 is 31.7 Å². The van der Waals surface area contributed by atoms with Crippen LogP contribution in [0.25, 0.3) is 0 Å². The highest BCUT2D eigenvalue weighted by atomic mass is 32.2. The Labute approximate surface area is 253 Å². The lowest BCUT2D eigenvalue weighted by molar-refractivity contribution is 0.599. The van der Waals surface area contributed by atoms with Crippen LogP contribution < -0.4 is 9.44 Å². The molecule has 0 saturated carbocycles. The predicted molar refractivity (Wildman–Crippen MR) is 168 cm³/mol. The van der Waals surface area contributed by atoms with E-state index >= 15 is 0 Å². The smallest absolute Gasteiger partial charge is 0.261 e. The number of aliphatic imine (C=N–C) groups is 2. The number of nitrogens with zero attached hydrogens (tertiary/aromatic N) is 2. The highest BCUT2D eigenvalue weighted by molar-refractivity contribution is 7.93. The van der Waals surface area contributed by atoms with Crippen molar-refractivity contribution in [2.45, 2.75) is 9.79 Å². The second kappa shape index (κ2) is 13.0. The molecule has 222 valence electrons. The summed E-state index contributed by atoms with van der Waals surface area (Å²) in [6.07, 6.45) is 3.28. The van der Waals surface area contributed by atoms with E-state index in [-0.39, 0.29) is 21.2 Å². The van der Waals surface area contributed by atoms with Gasteiger partial charge in [-0.3, -0.25) is 19.4 Å². The van der Waals surface area contributed by atoms with E-state index in [0.717, 1.165) is 11.1 Å². The minimum absolute atomic E-state index is 0.0438. The summed E-state index contributed by atoms with van der Waals surface area (Å²) >= 11 is 0. The second-order valence-corrected chi connectivity index (χ2v) is 12.8. The van der Waals surface area contributed by atoms with E-state index in [1.165, 1.54) is 72.8 Å². The Morgan fingerprint density at radius 3 is 1.09 bits per heavy atom. The fourth-order valence-corrected chi connectivity index (χ4v) is 5.97. The quantitative estimate of drug-likeness (QED) is 0.161. The van der Waals surface area contributed by atoms with Crippen LogP contribution in [0.4, 0.5) is 31.5 Å². The Bertz CT molecular complexity index is 1870. The molecule has 5 aromatic carbocycles. The lowest BCUT2D eigenvalue weighted by Crippen LogP contribution is -2.12. The zero-order valence-electron chi connectivity index (χ0n) is 22.8. The number of rotatable bonds is 10. The summed E-state index contributed by atoms with van der Waals surface area (Å²) in [7, 11) is -7.68. The lowest BCUT2D eigenvalue weighted by atomic mass is 10.1. The standard InChI is InChI=1S/C32H24F2N4O4S2/c33-25-5-9-29(10-6-25)37-43(39,40)31-17-13-27(14-18-31)35-21-23-1-2-24(4-3-23)22-36-28-15-19-32(20-16-28)44(41,42)38-30-11-7-26(34)8-12-30/h1-22,37-38H. The van der Waals surface area contributed by atoms with Crippen LogP contribution in [0.2, 0.25) is 0 Å². The van der Waals surface area contributed by atoms with Gasteiger partial charge in [0.1, 0.15) is 11.6 Å². The van der Waals surface area contributed by atoms with E-state index in [1.54, 1.807) is 36.7 Å². The van der Waals surface area contributed by atoms with Crippen LogP contribution in [0.5, 0.6) is 0 Å². The zero-order valence-corrected chi connectivity index (χ0v) is 24.4. The number of benzene rings is 5. The summed E-state index contributed by atoms with van der Waals surface area (Å²) in [6, 6.07) is 29.4. The monoisotopic (exact) mass is 630 g/mol. The average molecular weight is 631 g/mol. The van der Waals surface area contributed by atoms with Gasteiger partial charge >= 0.3 is 0 Å². The average Bonchev–Trinajstić information content (AvgIpc) is 3.02. The van der Waals surface area contributed by atoms with Crippen molar-refractivity contribution in [2.24, 2.45) is 9.98 Å². The summed E-state index contributed by atoms with van der Waals surface area (Å²) in [5, 5.41) is 0. The van der Waals surface area contributed by atoms with Gasteiger partial charge in [-0.25, -0.2) is 25.6 Å². The Hall–Kier alpha value is -5.20. The van der Waals surface area contributed by atoms with Gasteiger partial charge in [0.25, 0.3) is 20.0 Å². The zero-order chi connectivity index (χ0) is 31.2. The van der Waals surface area contributed by atoms with Crippen LogP contribution >= 0.6 is 0 Å². The summed E-state index contributed by atoms with van der Waals surface area (Å²) in [6.45, 7) is 0. The van der Waals surface area contributed by atoms with E-state index in [1.807, 2.05) is 24.3 Å². The lowest BCUT2D eigenvalue weighted by Gasteiger charge is -2.08. The Balaban J connectivity index is 1.17. The third-order valence-corrected chi connectivity index (χ3v) is 8.94. The third-order valence-electron chi connectivity index (χ3n) is 6.15. The number of anilines is 2. The summed E-state index contributed by atoms with van der Waals surface area (Å²) in [4.78, 5) is 8.86. The molecule has 2 N–H and O–H groups in total. The van der Waals surface area contributed by atoms with Crippen molar-refractivity contribution in [2.75, 3.05) is 9.44 Å². The SMILES string of the molecule is O=S(=O)(Nc1ccc(F)cc1)c1ccc(N=Cc2ccc(C=Nc3ccc(S(=O)(=O)Nc4ccc(F)cc4)cc3)cc2)cc1.